The van der Waals surface area contributed by atoms with Gasteiger partial charge in [0.2, 0.25) is 0 Å². The van der Waals surface area contributed by atoms with Crippen molar-refractivity contribution in [2.24, 2.45) is 0 Å². The molecule has 0 saturated carbocycles. The summed E-state index contributed by atoms with van der Waals surface area (Å²) in [4.78, 5) is 0. The van der Waals surface area contributed by atoms with Crippen molar-refractivity contribution in [3.05, 3.63) is 47.0 Å². The molecule has 2 atom stereocenters. The third-order valence-corrected chi connectivity index (χ3v) is 4.62. The standard InChI is InChI=1S/C20H24O4/c1-5-6-13-9-15-12(2)19(24-20(15)18(10-13)23-4)14-7-8-16(21)17(11-14)22-3/h7-12,19,21H,5-6H2,1-4H3/t12-,19-/m0/s1. The molecule has 0 amide bonds. The van der Waals surface area contributed by atoms with E-state index in [0.29, 0.717) is 5.75 Å². The number of methoxy groups -OCH3 is 2. The maximum absolute atomic E-state index is 9.81. The zero-order valence-corrected chi connectivity index (χ0v) is 14.6. The summed E-state index contributed by atoms with van der Waals surface area (Å²) < 4.78 is 17.0. The van der Waals surface area contributed by atoms with E-state index in [1.54, 1.807) is 20.3 Å². The summed E-state index contributed by atoms with van der Waals surface area (Å²) in [6.45, 7) is 4.33. The zero-order chi connectivity index (χ0) is 17.3. The van der Waals surface area contributed by atoms with Crippen molar-refractivity contribution in [1.29, 1.82) is 0 Å². The summed E-state index contributed by atoms with van der Waals surface area (Å²) in [5.74, 6) is 2.39. The van der Waals surface area contributed by atoms with E-state index in [-0.39, 0.29) is 17.8 Å². The second-order valence-electron chi connectivity index (χ2n) is 6.22. The normalized spacial score (nSPS) is 18.8. The molecule has 0 unspecified atom stereocenters. The van der Waals surface area contributed by atoms with Gasteiger partial charge >= 0.3 is 0 Å². The number of rotatable bonds is 5. The molecule has 0 saturated heterocycles. The molecule has 2 aromatic carbocycles. The smallest absolute Gasteiger partial charge is 0.165 e. The minimum Gasteiger partial charge on any atom is -0.504 e. The predicted molar refractivity (Wildman–Crippen MR) is 93.4 cm³/mol. The van der Waals surface area contributed by atoms with Gasteiger partial charge < -0.3 is 19.3 Å². The topological polar surface area (TPSA) is 47.9 Å². The second-order valence-corrected chi connectivity index (χ2v) is 6.22. The van der Waals surface area contributed by atoms with Gasteiger partial charge in [-0.25, -0.2) is 0 Å². The molecule has 4 nitrogen and oxygen atoms in total. The molecule has 2 aromatic rings. The van der Waals surface area contributed by atoms with Gasteiger partial charge in [-0.3, -0.25) is 0 Å². The summed E-state index contributed by atoms with van der Waals surface area (Å²) in [6.07, 6.45) is 1.99. The highest BCUT2D eigenvalue weighted by atomic mass is 16.5. The highest BCUT2D eigenvalue weighted by Crippen LogP contribution is 2.51. The fourth-order valence-electron chi connectivity index (χ4n) is 3.35. The molecular formula is C20H24O4. The molecule has 4 heteroatoms. The Hall–Kier alpha value is -2.36. The van der Waals surface area contributed by atoms with Crippen LogP contribution in [0.25, 0.3) is 0 Å². The van der Waals surface area contributed by atoms with Crippen molar-refractivity contribution in [1.82, 2.24) is 0 Å². The highest BCUT2D eigenvalue weighted by molar-refractivity contribution is 5.55. The summed E-state index contributed by atoms with van der Waals surface area (Å²) in [7, 11) is 3.23. The van der Waals surface area contributed by atoms with E-state index >= 15 is 0 Å². The lowest BCUT2D eigenvalue weighted by atomic mass is 9.91. The Morgan fingerprint density at radius 2 is 1.83 bits per heavy atom. The highest BCUT2D eigenvalue weighted by Gasteiger charge is 2.35. The molecule has 24 heavy (non-hydrogen) atoms. The molecule has 0 bridgehead atoms. The van der Waals surface area contributed by atoms with Gasteiger partial charge in [0.05, 0.1) is 14.2 Å². The minimum absolute atomic E-state index is 0.125. The second kappa shape index (κ2) is 6.63. The molecule has 1 heterocycles. The van der Waals surface area contributed by atoms with Crippen LogP contribution in [0.4, 0.5) is 0 Å². The van der Waals surface area contributed by atoms with Crippen LogP contribution in [-0.4, -0.2) is 19.3 Å². The van der Waals surface area contributed by atoms with Gasteiger partial charge in [-0.15, -0.1) is 0 Å². The lowest BCUT2D eigenvalue weighted by Gasteiger charge is -2.17. The molecule has 0 aromatic heterocycles. The third-order valence-electron chi connectivity index (χ3n) is 4.62. The van der Waals surface area contributed by atoms with Crippen LogP contribution in [0, 0.1) is 0 Å². The molecule has 0 fully saturated rings. The van der Waals surface area contributed by atoms with Gasteiger partial charge in [-0.1, -0.05) is 32.4 Å². The van der Waals surface area contributed by atoms with Crippen molar-refractivity contribution >= 4 is 0 Å². The largest absolute Gasteiger partial charge is 0.504 e. The van der Waals surface area contributed by atoms with Gasteiger partial charge in [0.25, 0.3) is 0 Å². The first-order chi connectivity index (χ1) is 11.6. The number of ether oxygens (including phenoxy) is 3. The number of benzene rings is 2. The quantitative estimate of drug-likeness (QED) is 0.871. The number of hydrogen-bond donors (Lipinski definition) is 1. The van der Waals surface area contributed by atoms with Crippen LogP contribution in [-0.2, 0) is 6.42 Å². The van der Waals surface area contributed by atoms with Crippen molar-refractivity contribution in [2.45, 2.75) is 38.7 Å². The minimum atomic E-state index is -0.125. The number of fused-ring (bicyclic) bond motifs is 1. The monoisotopic (exact) mass is 328 g/mol. The zero-order valence-electron chi connectivity index (χ0n) is 14.6. The summed E-state index contributed by atoms with van der Waals surface area (Å²) >= 11 is 0. The first-order valence-electron chi connectivity index (χ1n) is 8.33. The Labute approximate surface area is 143 Å². The van der Waals surface area contributed by atoms with Crippen LogP contribution < -0.4 is 14.2 Å². The van der Waals surface area contributed by atoms with Gasteiger partial charge in [-0.05, 0) is 35.7 Å². The van der Waals surface area contributed by atoms with E-state index in [9.17, 15) is 5.11 Å². The van der Waals surface area contributed by atoms with Crippen LogP contribution in [0.3, 0.4) is 0 Å². The Morgan fingerprint density at radius 3 is 2.50 bits per heavy atom. The van der Waals surface area contributed by atoms with Crippen LogP contribution >= 0.6 is 0 Å². The summed E-state index contributed by atoms with van der Waals surface area (Å²) in [6, 6.07) is 9.65. The maximum Gasteiger partial charge on any atom is 0.165 e. The Morgan fingerprint density at radius 1 is 1.08 bits per heavy atom. The molecule has 128 valence electrons. The number of aromatic hydroxyl groups is 1. The van der Waals surface area contributed by atoms with Crippen LogP contribution in [0.5, 0.6) is 23.0 Å². The van der Waals surface area contributed by atoms with Gasteiger partial charge in [-0.2, -0.15) is 0 Å². The SMILES string of the molecule is CCCc1cc(OC)c2c(c1)[C@H](C)[C@@H](c1ccc(O)c(OC)c1)O2. The predicted octanol–water partition coefficient (Wildman–Crippen LogP) is 4.60. The molecule has 1 aliphatic heterocycles. The summed E-state index contributed by atoms with van der Waals surface area (Å²) in [5.41, 5.74) is 3.43. The first-order valence-corrected chi connectivity index (χ1v) is 8.33. The van der Waals surface area contributed by atoms with Crippen molar-refractivity contribution < 1.29 is 19.3 Å². The lowest BCUT2D eigenvalue weighted by Crippen LogP contribution is -2.07. The maximum atomic E-state index is 9.81. The van der Waals surface area contributed by atoms with E-state index < -0.39 is 0 Å². The molecule has 0 spiro atoms. The van der Waals surface area contributed by atoms with Crippen molar-refractivity contribution in [3.63, 3.8) is 0 Å². The average Bonchev–Trinajstić information content (AvgIpc) is 2.92. The number of phenols is 1. The number of phenolic OH excluding ortho intramolecular Hbond substituents is 1. The first kappa shape index (κ1) is 16.5. The third kappa shape index (κ3) is 2.77. The molecule has 1 N–H and O–H groups in total. The Balaban J connectivity index is 1.99. The fourth-order valence-corrected chi connectivity index (χ4v) is 3.35. The van der Waals surface area contributed by atoms with E-state index in [2.05, 4.69) is 26.0 Å². The molecule has 1 aliphatic rings. The van der Waals surface area contributed by atoms with Gasteiger partial charge in [0, 0.05) is 11.5 Å². The van der Waals surface area contributed by atoms with Gasteiger partial charge in [0.1, 0.15) is 6.10 Å². The number of hydrogen-bond acceptors (Lipinski definition) is 4. The van der Waals surface area contributed by atoms with E-state index in [1.165, 1.54) is 11.1 Å². The molecule has 0 radical (unpaired) electrons. The fraction of sp³-hybridized carbons (Fsp3) is 0.400. The van der Waals surface area contributed by atoms with Crippen molar-refractivity contribution in [2.75, 3.05) is 14.2 Å². The average molecular weight is 328 g/mol. The van der Waals surface area contributed by atoms with Crippen LogP contribution in [0.2, 0.25) is 0 Å². The van der Waals surface area contributed by atoms with Crippen molar-refractivity contribution in [3.8, 4) is 23.0 Å². The van der Waals surface area contributed by atoms with E-state index in [0.717, 1.165) is 29.9 Å². The van der Waals surface area contributed by atoms with Crippen LogP contribution in [0.1, 0.15) is 49.0 Å². The molecular weight excluding hydrogens is 304 g/mol. The van der Waals surface area contributed by atoms with E-state index in [1.807, 2.05) is 12.1 Å². The number of aryl methyl sites for hydroxylation is 1. The molecule has 3 rings (SSSR count). The van der Waals surface area contributed by atoms with E-state index in [4.69, 9.17) is 14.2 Å². The van der Waals surface area contributed by atoms with Gasteiger partial charge in [0.15, 0.2) is 23.0 Å². The Bertz CT molecular complexity index is 739. The lowest BCUT2D eigenvalue weighted by molar-refractivity contribution is 0.207. The summed E-state index contributed by atoms with van der Waals surface area (Å²) in [5, 5.41) is 9.81. The van der Waals surface area contributed by atoms with Crippen LogP contribution in [0.15, 0.2) is 30.3 Å². The Kier molecular flexibility index (Phi) is 4.56. The molecule has 0 aliphatic carbocycles.